The van der Waals surface area contributed by atoms with Crippen LogP contribution in [0.4, 0.5) is 5.82 Å². The molecular formula is C26H42N4O5. The highest BCUT2D eigenvalue weighted by atomic mass is 16.5. The summed E-state index contributed by atoms with van der Waals surface area (Å²) >= 11 is 0. The van der Waals surface area contributed by atoms with Crippen molar-refractivity contribution in [3.05, 3.63) is 22.7 Å². The molecule has 2 rings (SSSR count). The number of ether oxygens (including phenoxy) is 1. The van der Waals surface area contributed by atoms with E-state index in [9.17, 15) is 25.1 Å². The van der Waals surface area contributed by atoms with Gasteiger partial charge in [0.25, 0.3) is 0 Å². The van der Waals surface area contributed by atoms with Gasteiger partial charge in [-0.2, -0.15) is 10.2 Å². The van der Waals surface area contributed by atoms with E-state index in [1.165, 1.54) is 76.5 Å². The van der Waals surface area contributed by atoms with Gasteiger partial charge in [0.1, 0.15) is 23.9 Å². The molecule has 1 amide bonds. The summed E-state index contributed by atoms with van der Waals surface area (Å²) in [6.45, 7) is 1.78. The Bertz CT molecular complexity index is 853. The number of anilines is 1. The van der Waals surface area contributed by atoms with Crippen LogP contribution in [0.25, 0.3) is 0 Å². The zero-order valence-corrected chi connectivity index (χ0v) is 21.0. The van der Waals surface area contributed by atoms with Crippen LogP contribution in [0.15, 0.2) is 17.1 Å². The third-order valence-corrected chi connectivity index (χ3v) is 6.58. The van der Waals surface area contributed by atoms with Crippen LogP contribution in [0.2, 0.25) is 0 Å². The van der Waals surface area contributed by atoms with Crippen LogP contribution in [-0.4, -0.2) is 44.5 Å². The third-order valence-electron chi connectivity index (χ3n) is 6.58. The number of aliphatic hydroxyl groups excluding tert-OH is 2. The summed E-state index contributed by atoms with van der Waals surface area (Å²) < 4.78 is 6.55. The second kappa shape index (κ2) is 16.4. The molecule has 35 heavy (non-hydrogen) atoms. The lowest BCUT2D eigenvalue weighted by atomic mass is 10.0. The molecule has 2 heterocycles. The Labute approximate surface area is 208 Å². The summed E-state index contributed by atoms with van der Waals surface area (Å²) in [6, 6.07) is 3.37. The Morgan fingerprint density at radius 1 is 1.09 bits per heavy atom. The van der Waals surface area contributed by atoms with Crippen molar-refractivity contribution in [3.8, 4) is 6.07 Å². The normalized spacial score (nSPS) is 21.7. The molecule has 9 heteroatoms. The topological polar surface area (TPSA) is 137 Å². The molecule has 4 atom stereocenters. The molecule has 0 saturated carbocycles. The Kier molecular flexibility index (Phi) is 13.6. The van der Waals surface area contributed by atoms with Gasteiger partial charge in [-0.05, 0) is 12.5 Å². The quantitative estimate of drug-likeness (QED) is 0.280. The number of nitriles is 1. The average Bonchev–Trinajstić information content (AvgIpc) is 3.17. The molecule has 1 aromatic rings. The SMILES string of the molecule is CCCCCCCCCCCCCCCC(=O)Nc1ccn([C@@H]2O[C@H](CO)[C@@H](O)[C@H]2C#N)c(=O)n1. The summed E-state index contributed by atoms with van der Waals surface area (Å²) in [5.74, 6) is -1.07. The van der Waals surface area contributed by atoms with E-state index in [1.807, 2.05) is 6.07 Å². The minimum atomic E-state index is -1.21. The van der Waals surface area contributed by atoms with Gasteiger partial charge < -0.3 is 20.3 Å². The summed E-state index contributed by atoms with van der Waals surface area (Å²) in [4.78, 5) is 28.5. The van der Waals surface area contributed by atoms with Crippen molar-refractivity contribution in [3.63, 3.8) is 0 Å². The number of rotatable bonds is 17. The van der Waals surface area contributed by atoms with E-state index >= 15 is 0 Å². The fourth-order valence-corrected chi connectivity index (χ4v) is 4.46. The minimum absolute atomic E-state index is 0.136. The van der Waals surface area contributed by atoms with Crippen molar-refractivity contribution in [1.29, 1.82) is 5.26 Å². The van der Waals surface area contributed by atoms with Gasteiger partial charge in [-0.3, -0.25) is 9.36 Å². The maximum atomic E-state index is 12.4. The Morgan fingerprint density at radius 2 is 1.66 bits per heavy atom. The van der Waals surface area contributed by atoms with E-state index in [0.29, 0.717) is 6.42 Å². The molecule has 0 bridgehead atoms. The van der Waals surface area contributed by atoms with Crippen molar-refractivity contribution in [1.82, 2.24) is 9.55 Å². The number of hydrogen-bond donors (Lipinski definition) is 3. The lowest BCUT2D eigenvalue weighted by molar-refractivity contribution is -0.116. The number of nitrogens with zero attached hydrogens (tertiary/aromatic N) is 3. The third kappa shape index (κ3) is 9.71. The van der Waals surface area contributed by atoms with Crippen LogP contribution in [0.1, 0.15) is 103 Å². The molecule has 0 radical (unpaired) electrons. The molecule has 1 aliphatic rings. The minimum Gasteiger partial charge on any atom is -0.394 e. The van der Waals surface area contributed by atoms with Crippen LogP contribution < -0.4 is 11.0 Å². The molecule has 196 valence electrons. The molecule has 0 aromatic carbocycles. The highest BCUT2D eigenvalue weighted by molar-refractivity contribution is 5.89. The molecular weight excluding hydrogens is 448 g/mol. The first kappa shape index (κ1) is 29.0. The van der Waals surface area contributed by atoms with Crippen molar-refractivity contribution >= 4 is 11.7 Å². The monoisotopic (exact) mass is 490 g/mol. The van der Waals surface area contributed by atoms with Gasteiger partial charge >= 0.3 is 5.69 Å². The van der Waals surface area contributed by atoms with Gasteiger partial charge in [-0.25, -0.2) is 4.79 Å². The largest absolute Gasteiger partial charge is 0.394 e. The summed E-state index contributed by atoms with van der Waals surface area (Å²) in [6.07, 6.45) is 14.7. The number of nitrogens with one attached hydrogen (secondary N) is 1. The number of amides is 1. The number of carbonyl (C=O) groups excluding carboxylic acids is 1. The summed E-state index contributed by atoms with van der Waals surface area (Å²) in [5.41, 5.74) is -0.709. The Morgan fingerprint density at radius 3 is 2.17 bits per heavy atom. The molecule has 1 saturated heterocycles. The lowest BCUT2D eigenvalue weighted by Gasteiger charge is -2.16. The number of hydrogen-bond acceptors (Lipinski definition) is 7. The first-order valence-electron chi connectivity index (χ1n) is 13.2. The standard InChI is InChI=1S/C26H42N4O5/c1-2-3-4-5-6-7-8-9-10-11-12-13-14-15-23(32)28-22-16-17-30(26(34)29-22)25-20(18-27)24(33)21(19-31)35-25/h16-17,20-21,24-25,31,33H,2-15,19H2,1H3,(H,28,29,32,34)/t20-,21-,24+,25-/m1/s1. The smallest absolute Gasteiger partial charge is 0.351 e. The predicted octanol–water partition coefficient (Wildman–Crippen LogP) is 4.05. The maximum Gasteiger partial charge on any atom is 0.351 e. The van der Waals surface area contributed by atoms with E-state index in [2.05, 4.69) is 17.2 Å². The molecule has 0 spiro atoms. The van der Waals surface area contributed by atoms with Crippen molar-refractivity contribution < 1.29 is 19.7 Å². The first-order chi connectivity index (χ1) is 17.0. The number of aliphatic hydroxyl groups is 2. The van der Waals surface area contributed by atoms with E-state index < -0.39 is 36.7 Å². The number of unbranched alkanes of at least 4 members (excludes halogenated alkanes) is 12. The molecule has 1 aliphatic heterocycles. The van der Waals surface area contributed by atoms with Gasteiger partial charge in [0.2, 0.25) is 5.91 Å². The van der Waals surface area contributed by atoms with E-state index in [4.69, 9.17) is 4.74 Å². The van der Waals surface area contributed by atoms with Gasteiger partial charge in [0.15, 0.2) is 6.23 Å². The molecule has 9 nitrogen and oxygen atoms in total. The zero-order valence-electron chi connectivity index (χ0n) is 21.0. The summed E-state index contributed by atoms with van der Waals surface area (Å²) in [7, 11) is 0. The Balaban J connectivity index is 1.62. The first-order valence-corrected chi connectivity index (χ1v) is 13.2. The maximum absolute atomic E-state index is 12.4. The Hall–Kier alpha value is -2.28. The van der Waals surface area contributed by atoms with Gasteiger partial charge in [-0.1, -0.05) is 84.0 Å². The van der Waals surface area contributed by atoms with E-state index in [-0.39, 0.29) is 11.7 Å². The fourth-order valence-electron chi connectivity index (χ4n) is 4.46. The second-order valence-corrected chi connectivity index (χ2v) is 9.44. The number of carbonyl (C=O) groups is 1. The van der Waals surface area contributed by atoms with Crippen LogP contribution >= 0.6 is 0 Å². The zero-order chi connectivity index (χ0) is 25.5. The molecule has 1 aromatic heterocycles. The van der Waals surface area contributed by atoms with Gasteiger partial charge in [0.05, 0.1) is 12.7 Å². The lowest BCUT2D eigenvalue weighted by Crippen LogP contribution is -2.32. The van der Waals surface area contributed by atoms with Gasteiger partial charge in [0, 0.05) is 12.6 Å². The highest BCUT2D eigenvalue weighted by Gasteiger charge is 2.45. The molecule has 1 fully saturated rings. The van der Waals surface area contributed by atoms with Gasteiger partial charge in [-0.15, -0.1) is 0 Å². The second-order valence-electron chi connectivity index (χ2n) is 9.44. The van der Waals surface area contributed by atoms with Crippen molar-refractivity contribution in [2.45, 2.75) is 115 Å². The van der Waals surface area contributed by atoms with Crippen molar-refractivity contribution in [2.75, 3.05) is 11.9 Å². The van der Waals surface area contributed by atoms with Crippen LogP contribution in [0.5, 0.6) is 0 Å². The van der Waals surface area contributed by atoms with Crippen LogP contribution in [0.3, 0.4) is 0 Å². The van der Waals surface area contributed by atoms with E-state index in [0.717, 1.165) is 23.8 Å². The van der Waals surface area contributed by atoms with Crippen LogP contribution in [-0.2, 0) is 9.53 Å². The highest BCUT2D eigenvalue weighted by Crippen LogP contribution is 2.33. The molecule has 3 N–H and O–H groups in total. The molecule has 0 unspecified atom stereocenters. The average molecular weight is 491 g/mol. The van der Waals surface area contributed by atoms with Crippen molar-refractivity contribution in [2.24, 2.45) is 5.92 Å². The molecule has 0 aliphatic carbocycles. The predicted molar refractivity (Wildman–Crippen MR) is 134 cm³/mol. The summed E-state index contributed by atoms with van der Waals surface area (Å²) in [5, 5.41) is 31.3. The van der Waals surface area contributed by atoms with Crippen LogP contribution in [0, 0.1) is 17.2 Å². The van der Waals surface area contributed by atoms with E-state index in [1.54, 1.807) is 0 Å². The number of aromatic nitrogens is 2. The fraction of sp³-hybridized carbons (Fsp3) is 0.769.